The highest BCUT2D eigenvalue weighted by Crippen LogP contribution is 2.28. The number of ether oxygens (including phenoxy) is 1. The van der Waals surface area contributed by atoms with Crippen LogP contribution in [-0.2, 0) is 6.54 Å². The molecule has 1 saturated heterocycles. The molecule has 1 fully saturated rings. The summed E-state index contributed by atoms with van der Waals surface area (Å²) >= 11 is 0. The minimum absolute atomic E-state index is 0.150. The van der Waals surface area contributed by atoms with Gasteiger partial charge < -0.3 is 14.7 Å². The summed E-state index contributed by atoms with van der Waals surface area (Å²) in [6.07, 6.45) is 2.17. The van der Waals surface area contributed by atoms with Crippen LogP contribution in [0.4, 0.5) is 10.1 Å². The number of halogens is 1. The standard InChI is InChI=1S/C25H32FN3O2/c1-19(2)31-23-8-6-22(7-9-23)28(3)13-10-25(30)11-14-29(15-12-25)18-21-5-4-20(17-27)16-24(21)26/h4-9,16,19,30H,10-15,18H2,1-3H3. The van der Waals surface area contributed by atoms with E-state index in [0.717, 1.165) is 31.1 Å². The van der Waals surface area contributed by atoms with Crippen LogP contribution in [0.1, 0.15) is 44.2 Å². The van der Waals surface area contributed by atoms with Gasteiger partial charge >= 0.3 is 0 Å². The Morgan fingerprint density at radius 1 is 1.19 bits per heavy atom. The third-order valence-corrected chi connectivity index (χ3v) is 5.92. The molecular formula is C25H32FN3O2. The first-order valence-corrected chi connectivity index (χ1v) is 10.9. The van der Waals surface area contributed by atoms with Gasteiger partial charge in [0.1, 0.15) is 11.6 Å². The van der Waals surface area contributed by atoms with Crippen LogP contribution in [0.3, 0.4) is 0 Å². The molecule has 0 amide bonds. The average molecular weight is 426 g/mol. The molecule has 0 bridgehead atoms. The summed E-state index contributed by atoms with van der Waals surface area (Å²) in [5.74, 6) is 0.517. The molecule has 1 N–H and O–H groups in total. The molecule has 0 saturated carbocycles. The second-order valence-corrected chi connectivity index (χ2v) is 8.75. The van der Waals surface area contributed by atoms with Crippen LogP contribution >= 0.6 is 0 Å². The molecule has 6 heteroatoms. The summed E-state index contributed by atoms with van der Waals surface area (Å²) in [5.41, 5.74) is 1.32. The molecule has 1 aliphatic heterocycles. The Balaban J connectivity index is 1.47. The maximum absolute atomic E-state index is 14.2. The van der Waals surface area contributed by atoms with Crippen molar-refractivity contribution in [1.82, 2.24) is 4.90 Å². The normalized spacial score (nSPS) is 16.2. The highest BCUT2D eigenvalue weighted by molar-refractivity contribution is 5.48. The molecule has 2 aromatic carbocycles. The monoisotopic (exact) mass is 425 g/mol. The fraction of sp³-hybridized carbons (Fsp3) is 0.480. The van der Waals surface area contributed by atoms with E-state index in [0.29, 0.717) is 36.9 Å². The molecule has 0 aliphatic carbocycles. The number of nitrogens with zero attached hydrogens (tertiary/aromatic N) is 3. The fourth-order valence-electron chi connectivity index (χ4n) is 3.92. The van der Waals surface area contributed by atoms with Crippen LogP contribution in [0.25, 0.3) is 0 Å². The molecule has 0 unspecified atom stereocenters. The molecule has 2 aromatic rings. The van der Waals surface area contributed by atoms with Gasteiger partial charge in [0.05, 0.1) is 23.3 Å². The van der Waals surface area contributed by atoms with Crippen molar-refractivity contribution in [1.29, 1.82) is 5.26 Å². The summed E-state index contributed by atoms with van der Waals surface area (Å²) in [7, 11) is 2.03. The van der Waals surface area contributed by atoms with Gasteiger partial charge in [0, 0.05) is 44.5 Å². The minimum atomic E-state index is -0.700. The van der Waals surface area contributed by atoms with E-state index >= 15 is 0 Å². The third-order valence-electron chi connectivity index (χ3n) is 5.92. The van der Waals surface area contributed by atoms with E-state index in [4.69, 9.17) is 10.00 Å². The predicted molar refractivity (Wildman–Crippen MR) is 121 cm³/mol. The van der Waals surface area contributed by atoms with Crippen LogP contribution in [0.15, 0.2) is 42.5 Å². The SMILES string of the molecule is CC(C)Oc1ccc(N(C)CCC2(O)CCN(Cc3ccc(C#N)cc3F)CC2)cc1. The van der Waals surface area contributed by atoms with E-state index in [2.05, 4.69) is 9.80 Å². The van der Waals surface area contributed by atoms with E-state index in [1.54, 1.807) is 12.1 Å². The third kappa shape index (κ3) is 6.43. The molecule has 3 rings (SSSR count). The molecule has 0 radical (unpaired) electrons. The molecule has 166 valence electrons. The minimum Gasteiger partial charge on any atom is -0.491 e. The van der Waals surface area contributed by atoms with Crippen molar-refractivity contribution >= 4 is 5.69 Å². The smallest absolute Gasteiger partial charge is 0.129 e. The van der Waals surface area contributed by atoms with Crippen LogP contribution in [0, 0.1) is 17.1 Å². The summed E-state index contributed by atoms with van der Waals surface area (Å²) < 4.78 is 19.9. The summed E-state index contributed by atoms with van der Waals surface area (Å²) in [5, 5.41) is 19.9. The van der Waals surface area contributed by atoms with Crippen LogP contribution in [-0.4, -0.2) is 48.4 Å². The Morgan fingerprint density at radius 2 is 1.87 bits per heavy atom. The second-order valence-electron chi connectivity index (χ2n) is 8.75. The Morgan fingerprint density at radius 3 is 2.45 bits per heavy atom. The van der Waals surface area contributed by atoms with Gasteiger partial charge in [-0.05, 0) is 69.5 Å². The highest BCUT2D eigenvalue weighted by atomic mass is 19.1. The number of hydrogen-bond donors (Lipinski definition) is 1. The van der Waals surface area contributed by atoms with Crippen molar-refractivity contribution < 1.29 is 14.2 Å². The van der Waals surface area contributed by atoms with Crippen molar-refractivity contribution in [3.8, 4) is 11.8 Å². The van der Waals surface area contributed by atoms with Crippen LogP contribution < -0.4 is 9.64 Å². The predicted octanol–water partition coefficient (Wildman–Crippen LogP) is 4.34. The van der Waals surface area contributed by atoms with E-state index in [1.807, 2.05) is 51.2 Å². The summed E-state index contributed by atoms with van der Waals surface area (Å²) in [6.45, 7) is 6.71. The van der Waals surface area contributed by atoms with Crippen LogP contribution in [0.2, 0.25) is 0 Å². The van der Waals surface area contributed by atoms with Crippen molar-refractivity contribution in [2.45, 2.75) is 51.4 Å². The van der Waals surface area contributed by atoms with E-state index in [-0.39, 0.29) is 11.9 Å². The number of piperidine rings is 1. The number of rotatable bonds is 8. The first kappa shape index (κ1) is 23.1. The largest absolute Gasteiger partial charge is 0.491 e. The zero-order chi connectivity index (χ0) is 22.4. The van der Waals surface area contributed by atoms with Crippen molar-refractivity contribution in [3.63, 3.8) is 0 Å². The molecule has 31 heavy (non-hydrogen) atoms. The number of likely N-dealkylation sites (tertiary alicyclic amines) is 1. The lowest BCUT2D eigenvalue weighted by molar-refractivity contribution is -0.0277. The molecule has 0 atom stereocenters. The maximum Gasteiger partial charge on any atom is 0.129 e. The van der Waals surface area contributed by atoms with E-state index < -0.39 is 5.60 Å². The number of aliphatic hydroxyl groups is 1. The zero-order valence-electron chi connectivity index (χ0n) is 18.6. The van der Waals surface area contributed by atoms with Gasteiger partial charge in [0.15, 0.2) is 0 Å². The molecule has 0 spiro atoms. The van der Waals surface area contributed by atoms with E-state index in [1.165, 1.54) is 6.07 Å². The Hall–Kier alpha value is -2.62. The van der Waals surface area contributed by atoms with E-state index in [9.17, 15) is 9.50 Å². The molecular weight excluding hydrogens is 393 g/mol. The lowest BCUT2D eigenvalue weighted by atomic mass is 9.88. The van der Waals surface area contributed by atoms with Crippen molar-refractivity contribution in [2.75, 3.05) is 31.6 Å². The molecule has 1 heterocycles. The van der Waals surface area contributed by atoms with Gasteiger partial charge in [0.25, 0.3) is 0 Å². The van der Waals surface area contributed by atoms with Gasteiger partial charge in [-0.15, -0.1) is 0 Å². The van der Waals surface area contributed by atoms with Gasteiger partial charge in [-0.1, -0.05) is 6.07 Å². The second kappa shape index (κ2) is 10.1. The van der Waals surface area contributed by atoms with Gasteiger partial charge in [-0.2, -0.15) is 5.26 Å². The Labute approximate surface area is 184 Å². The van der Waals surface area contributed by atoms with Crippen LogP contribution in [0.5, 0.6) is 5.75 Å². The zero-order valence-corrected chi connectivity index (χ0v) is 18.6. The number of benzene rings is 2. The van der Waals surface area contributed by atoms with Gasteiger partial charge in [-0.25, -0.2) is 4.39 Å². The summed E-state index contributed by atoms with van der Waals surface area (Å²) in [4.78, 5) is 4.31. The highest BCUT2D eigenvalue weighted by Gasteiger charge is 2.32. The quantitative estimate of drug-likeness (QED) is 0.682. The number of anilines is 1. The first-order valence-electron chi connectivity index (χ1n) is 10.9. The van der Waals surface area contributed by atoms with Crippen molar-refractivity contribution in [3.05, 3.63) is 59.4 Å². The average Bonchev–Trinajstić information content (AvgIpc) is 2.75. The number of hydrogen-bond acceptors (Lipinski definition) is 5. The Bertz CT molecular complexity index is 900. The molecule has 5 nitrogen and oxygen atoms in total. The lowest BCUT2D eigenvalue weighted by Crippen LogP contribution is -2.45. The lowest BCUT2D eigenvalue weighted by Gasteiger charge is -2.39. The van der Waals surface area contributed by atoms with Gasteiger partial charge in [-0.3, -0.25) is 4.90 Å². The first-order chi connectivity index (χ1) is 14.8. The fourth-order valence-corrected chi connectivity index (χ4v) is 3.92. The topological polar surface area (TPSA) is 59.7 Å². The molecule has 0 aromatic heterocycles. The Kier molecular flexibility index (Phi) is 7.53. The van der Waals surface area contributed by atoms with Crippen molar-refractivity contribution in [2.24, 2.45) is 0 Å². The number of nitriles is 1. The molecule has 1 aliphatic rings. The maximum atomic E-state index is 14.2. The van der Waals surface area contributed by atoms with Gasteiger partial charge in [0.2, 0.25) is 0 Å². The summed E-state index contributed by atoms with van der Waals surface area (Å²) in [6, 6.07) is 14.6.